The van der Waals surface area contributed by atoms with Gasteiger partial charge in [0.15, 0.2) is 5.71 Å². The number of hydrogen-bond acceptors (Lipinski definition) is 9. The average molecular weight is 901 g/mol. The third-order valence-corrected chi connectivity index (χ3v) is 17.6. The van der Waals surface area contributed by atoms with Crippen LogP contribution in [0.25, 0.3) is 28.1 Å². The van der Waals surface area contributed by atoms with Crippen molar-refractivity contribution in [1.29, 1.82) is 0 Å². The first-order valence-electron chi connectivity index (χ1n) is 22.1. The van der Waals surface area contributed by atoms with Crippen LogP contribution >= 0.6 is 0 Å². The Balaban J connectivity index is 1.08. The second-order valence-electron chi connectivity index (χ2n) is 17.6. The molecular weight excluding hydrogens is 851 g/mol. The van der Waals surface area contributed by atoms with Gasteiger partial charge >= 0.3 is 11.9 Å². The van der Waals surface area contributed by atoms with Gasteiger partial charge in [0.1, 0.15) is 27.9 Å². The number of hydroxylamine groups is 2. The molecule has 1 aromatic heterocycles. The van der Waals surface area contributed by atoms with Gasteiger partial charge in [-0.05, 0) is 81.0 Å². The number of fused-ring (bicyclic) bond motifs is 7. The number of hydrogen-bond donors (Lipinski definition) is 1. The zero-order valence-corrected chi connectivity index (χ0v) is 38.6. The molecule has 1 N–H and O–H groups in total. The first kappa shape index (κ1) is 43.7. The number of para-hydroxylation sites is 1. The van der Waals surface area contributed by atoms with Gasteiger partial charge in [-0.25, -0.2) is 18.8 Å². The lowest BCUT2D eigenvalue weighted by atomic mass is 9.87. The van der Waals surface area contributed by atoms with Crippen molar-refractivity contribution in [2.75, 3.05) is 38.0 Å². The highest BCUT2D eigenvalue weighted by Gasteiger charge is 2.44. The van der Waals surface area contributed by atoms with Crippen molar-refractivity contribution >= 4 is 65.6 Å². The van der Waals surface area contributed by atoms with Crippen LogP contribution in [0.15, 0.2) is 120 Å². The number of anilines is 2. The number of carbonyl (C=O) groups excluding carboxylic acids is 4. The summed E-state index contributed by atoms with van der Waals surface area (Å²) in [5.74, 6) is -3.31. The van der Waals surface area contributed by atoms with Crippen LogP contribution in [0.3, 0.4) is 0 Å². The summed E-state index contributed by atoms with van der Waals surface area (Å²) < 4.78 is 4.04. The zero-order valence-electron chi connectivity index (χ0n) is 37.6. The zero-order chi connectivity index (χ0) is 46.4. The van der Waals surface area contributed by atoms with E-state index in [0.29, 0.717) is 28.6 Å². The van der Waals surface area contributed by atoms with Crippen molar-refractivity contribution in [1.82, 2.24) is 20.1 Å². The van der Waals surface area contributed by atoms with E-state index in [1.54, 1.807) is 17.0 Å². The maximum absolute atomic E-state index is 14.2. The summed E-state index contributed by atoms with van der Waals surface area (Å²) >= 11 is 0. The lowest BCUT2D eigenvalue weighted by molar-refractivity contribution is -0.462. The van der Waals surface area contributed by atoms with E-state index < -0.39 is 31.8 Å². The Kier molecular flexibility index (Phi) is 11.6. The van der Waals surface area contributed by atoms with Crippen LogP contribution in [0.4, 0.5) is 11.4 Å². The van der Waals surface area contributed by atoms with Gasteiger partial charge in [0.25, 0.3) is 11.8 Å². The van der Waals surface area contributed by atoms with Crippen LogP contribution in [0.5, 0.6) is 0 Å². The molecule has 4 aliphatic rings. The molecule has 4 heterocycles. The Morgan fingerprint density at radius 1 is 0.848 bits per heavy atom. The molecule has 66 heavy (non-hydrogen) atoms. The maximum atomic E-state index is 14.2. The lowest BCUT2D eigenvalue weighted by Crippen LogP contribution is -2.52. The van der Waals surface area contributed by atoms with Gasteiger partial charge < -0.3 is 19.7 Å². The molecule has 334 valence electrons. The molecule has 0 spiro atoms. The molecule has 0 saturated carbocycles. The Morgan fingerprint density at radius 3 is 2.27 bits per heavy atom. The molecule has 1 atom stereocenters. The van der Waals surface area contributed by atoms with E-state index >= 15 is 0 Å². The summed E-state index contributed by atoms with van der Waals surface area (Å²) in [6.07, 6.45) is 6.71. The number of aryl methyl sites for hydroxylation is 1. The summed E-state index contributed by atoms with van der Waals surface area (Å²) in [6.45, 7) is 3.14. The topological polar surface area (TPSA) is 158 Å². The first-order chi connectivity index (χ1) is 31.7. The number of aromatic carboxylic acids is 1. The minimum atomic E-state index is -2.65. The summed E-state index contributed by atoms with van der Waals surface area (Å²) in [5.41, 5.74) is 10.6. The Bertz CT molecular complexity index is 3000. The van der Waals surface area contributed by atoms with Crippen molar-refractivity contribution in [3.8, 4) is 22.5 Å². The van der Waals surface area contributed by atoms with E-state index in [0.717, 1.165) is 63.0 Å². The number of carboxylic acids is 1. The van der Waals surface area contributed by atoms with Gasteiger partial charge in [0.05, 0.1) is 29.9 Å². The highest BCUT2D eigenvalue weighted by molar-refractivity contribution is 6.99. The molecule has 0 radical (unpaired) electrons. The molecule has 9 rings (SSSR count). The van der Waals surface area contributed by atoms with E-state index in [-0.39, 0.29) is 43.7 Å². The Morgan fingerprint density at radius 2 is 1.55 bits per heavy atom. The molecule has 1 saturated heterocycles. The van der Waals surface area contributed by atoms with E-state index in [2.05, 4.69) is 52.4 Å². The number of aromatic nitrogens is 3. The van der Waals surface area contributed by atoms with Crippen LogP contribution in [0, 0.1) is 0 Å². The Hall–Kier alpha value is -7.52. The van der Waals surface area contributed by atoms with Gasteiger partial charge in [-0.3, -0.25) is 14.4 Å². The molecule has 14 nitrogen and oxygen atoms in total. The molecule has 3 aliphatic heterocycles. The number of nitrogens with zero attached hydrogens (tertiary/aromatic N) is 7. The number of amides is 3. The molecule has 4 aromatic carbocycles. The number of rotatable bonds is 11. The number of carbonyl (C=O) groups is 5. The van der Waals surface area contributed by atoms with Gasteiger partial charge in [-0.1, -0.05) is 78.5 Å². The van der Waals surface area contributed by atoms with Crippen molar-refractivity contribution in [3.63, 3.8) is 0 Å². The third-order valence-electron chi connectivity index (χ3n) is 13.1. The van der Waals surface area contributed by atoms with Crippen molar-refractivity contribution < 1.29 is 38.5 Å². The van der Waals surface area contributed by atoms with E-state index in [1.165, 1.54) is 10.4 Å². The fourth-order valence-corrected chi connectivity index (χ4v) is 13.9. The first-order valence-corrected chi connectivity index (χ1v) is 24.8. The van der Waals surface area contributed by atoms with Crippen LogP contribution in [-0.4, -0.2) is 101 Å². The summed E-state index contributed by atoms with van der Waals surface area (Å²) in [5, 5.41) is 23.0. The number of allylic oxidation sites excluding steroid dienone is 5. The molecule has 1 fully saturated rings. The van der Waals surface area contributed by atoms with Crippen LogP contribution < -0.4 is 15.0 Å². The molecule has 0 bridgehead atoms. The predicted octanol–water partition coefficient (Wildman–Crippen LogP) is 6.55. The highest BCUT2D eigenvalue weighted by atomic mass is 28.3. The average Bonchev–Trinajstić information content (AvgIpc) is 3.87. The van der Waals surface area contributed by atoms with Crippen molar-refractivity contribution in [2.24, 2.45) is 0 Å². The van der Waals surface area contributed by atoms with E-state index in [9.17, 15) is 29.1 Å². The Labute approximate surface area is 383 Å². The molecule has 1 aliphatic carbocycles. The summed E-state index contributed by atoms with van der Waals surface area (Å²) in [4.78, 5) is 72.8. The molecular formula is C51H50N7O7Si+. The number of imide groups is 1. The van der Waals surface area contributed by atoms with Gasteiger partial charge in [0.2, 0.25) is 5.91 Å². The van der Waals surface area contributed by atoms with Crippen molar-refractivity contribution in [2.45, 2.75) is 57.8 Å². The van der Waals surface area contributed by atoms with Crippen LogP contribution in [-0.2, 0) is 37.1 Å². The van der Waals surface area contributed by atoms with E-state index in [1.807, 2.05) is 93.5 Å². The predicted molar refractivity (Wildman–Crippen MR) is 254 cm³/mol. The SMILES string of the molecule is CN(C)c1ccc2c(c1)[Si@@](C)(CCCn1nnc3c1-c1ccccc1N(C(=O)CCC(=O)ON1C(=O)CCC1=O)Cc1ccccc1-3)C1=CC(=[N+](C)C)C=CC1=C2c1ccccc1C(=O)O. The second kappa shape index (κ2) is 17.5. The monoisotopic (exact) mass is 900 g/mol. The standard InChI is InChI=1S/C51H49N7O7Si/c1-54(2)33-19-21-39-42(29-33)66(5,43-30-34(55(3)4)20-22-40(43)48(39)36-15-8-9-16-37(36)51(63)64)28-12-27-57-50-38-17-10-11-18-41(38)56(31-32-13-6-7-14-35(32)49(50)52-53-57)44(59)25-26-47(62)65-58-45(60)23-24-46(58)61/h6-11,13-22,29-30H,12,23-28,31H2,1-5H3/p+1. The molecule has 0 unspecified atom stereocenters. The van der Waals surface area contributed by atoms with Gasteiger partial charge in [0, 0.05) is 68.9 Å². The number of carboxylic acid groups (broad SMARTS) is 1. The molecule has 5 aromatic rings. The second-order valence-corrected chi connectivity index (χ2v) is 21.9. The smallest absolute Gasteiger partial charge is 0.336 e. The lowest BCUT2D eigenvalue weighted by Gasteiger charge is -2.40. The summed E-state index contributed by atoms with van der Waals surface area (Å²) in [7, 11) is 5.49. The third kappa shape index (κ3) is 7.78. The number of benzene rings is 4. The maximum Gasteiger partial charge on any atom is 0.336 e. The largest absolute Gasteiger partial charge is 0.478 e. The minimum absolute atomic E-state index is 0.0218. The highest BCUT2D eigenvalue weighted by Crippen LogP contribution is 2.46. The fraction of sp³-hybridized carbons (Fsp3) is 0.255. The van der Waals surface area contributed by atoms with Crippen LogP contribution in [0.1, 0.15) is 59.2 Å². The van der Waals surface area contributed by atoms with Gasteiger partial charge in [-0.2, -0.15) is 0 Å². The van der Waals surface area contributed by atoms with Crippen LogP contribution in [0.2, 0.25) is 12.6 Å². The molecule has 3 amide bonds. The normalized spacial score (nSPS) is 17.2. The minimum Gasteiger partial charge on any atom is -0.478 e. The summed E-state index contributed by atoms with van der Waals surface area (Å²) in [6, 6.07) is 30.1. The van der Waals surface area contributed by atoms with E-state index in [4.69, 9.17) is 15.1 Å². The quantitative estimate of drug-likeness (QED) is 0.0876. The van der Waals surface area contributed by atoms with Gasteiger partial charge in [-0.15, -0.1) is 10.2 Å². The molecule has 15 heteroatoms. The fourth-order valence-electron chi connectivity index (χ4n) is 9.63. The van der Waals surface area contributed by atoms with Crippen molar-refractivity contribution in [3.05, 3.63) is 142 Å².